The second kappa shape index (κ2) is 7.20. The number of fused-ring (bicyclic) bond motifs is 1. The molecule has 3 aromatic rings. The number of piperidine rings is 1. The number of pyridine rings is 1. The van der Waals surface area contributed by atoms with E-state index in [0.29, 0.717) is 11.2 Å². The molecular formula is C24H29N5O. The molecule has 1 N–H and O–H groups in total. The van der Waals surface area contributed by atoms with Crippen molar-refractivity contribution in [2.24, 2.45) is 18.4 Å². The van der Waals surface area contributed by atoms with Crippen LogP contribution in [-0.2, 0) is 11.8 Å². The summed E-state index contributed by atoms with van der Waals surface area (Å²) in [5.74, 6) is 1.85. The second-order valence-electron chi connectivity index (χ2n) is 9.28. The highest BCUT2D eigenvalue weighted by atomic mass is 16.2. The first-order valence-corrected chi connectivity index (χ1v) is 10.8. The van der Waals surface area contributed by atoms with Crippen LogP contribution in [0.2, 0.25) is 0 Å². The summed E-state index contributed by atoms with van der Waals surface area (Å²) in [6, 6.07) is 8.28. The van der Waals surface area contributed by atoms with Gasteiger partial charge in [-0.2, -0.15) is 0 Å². The largest absolute Gasteiger partial charge is 0.331 e. The third kappa shape index (κ3) is 3.39. The number of hydrogen-bond donors (Lipinski definition) is 1. The van der Waals surface area contributed by atoms with Gasteiger partial charge in [0.2, 0.25) is 5.91 Å². The van der Waals surface area contributed by atoms with Crippen LogP contribution in [0.4, 0.5) is 5.82 Å². The van der Waals surface area contributed by atoms with Crippen LogP contribution in [0.25, 0.3) is 22.0 Å². The normalized spacial score (nSPS) is 19.2. The summed E-state index contributed by atoms with van der Waals surface area (Å²) in [5.41, 5.74) is 2.59. The predicted molar refractivity (Wildman–Crippen MR) is 119 cm³/mol. The lowest BCUT2D eigenvalue weighted by atomic mass is 9.57. The van der Waals surface area contributed by atoms with Gasteiger partial charge in [0.05, 0.1) is 11.9 Å². The number of benzene rings is 1. The molecule has 2 aliphatic rings. The standard InChI is InChI=1S/C24H29N5O/c1-16-25-15-21(29(16)3)17-4-5-18-14-26-22(11-19(18)10-17)27-23(30)20-12-24(13-20)6-8-28(2)9-7-24/h4-5,10-11,14-15,20H,6-9,12-13H2,1-3H3,(H,26,27,30). The molecule has 2 fully saturated rings. The molecule has 0 unspecified atom stereocenters. The fourth-order valence-electron chi connectivity index (χ4n) is 5.04. The first-order valence-electron chi connectivity index (χ1n) is 10.8. The van der Waals surface area contributed by atoms with Crippen LogP contribution >= 0.6 is 0 Å². The monoisotopic (exact) mass is 403 g/mol. The Bertz CT molecular complexity index is 1100. The zero-order valence-electron chi connectivity index (χ0n) is 18.0. The zero-order chi connectivity index (χ0) is 20.9. The van der Waals surface area contributed by atoms with E-state index in [9.17, 15) is 4.79 Å². The number of amides is 1. The van der Waals surface area contributed by atoms with Gasteiger partial charge in [-0.15, -0.1) is 0 Å². The van der Waals surface area contributed by atoms with E-state index in [1.807, 2.05) is 32.4 Å². The van der Waals surface area contributed by atoms with Gasteiger partial charge in [-0.3, -0.25) is 4.79 Å². The van der Waals surface area contributed by atoms with E-state index in [0.717, 1.165) is 53.8 Å². The molecule has 0 atom stereocenters. The van der Waals surface area contributed by atoms with Crippen LogP contribution in [0.15, 0.2) is 36.7 Å². The summed E-state index contributed by atoms with van der Waals surface area (Å²) in [5, 5.41) is 5.19. The molecule has 1 saturated carbocycles. The summed E-state index contributed by atoms with van der Waals surface area (Å²) in [7, 11) is 4.21. The van der Waals surface area contributed by atoms with E-state index in [1.54, 1.807) is 0 Å². The summed E-state index contributed by atoms with van der Waals surface area (Å²) < 4.78 is 2.08. The Morgan fingerprint density at radius 3 is 2.53 bits per heavy atom. The SMILES string of the molecule is Cc1ncc(-c2ccc3cnc(NC(=O)C4CC5(CCN(C)CC5)C4)cc3c2)n1C. The first kappa shape index (κ1) is 19.2. The number of aromatic nitrogens is 3. The highest BCUT2D eigenvalue weighted by molar-refractivity contribution is 5.95. The molecule has 1 saturated heterocycles. The number of nitrogens with zero attached hydrogens (tertiary/aromatic N) is 4. The highest BCUT2D eigenvalue weighted by Crippen LogP contribution is 2.52. The predicted octanol–water partition coefficient (Wildman–Crippen LogP) is 4.00. The van der Waals surface area contributed by atoms with Gasteiger partial charge >= 0.3 is 0 Å². The molecule has 1 spiro atoms. The Hall–Kier alpha value is -2.73. The van der Waals surface area contributed by atoms with E-state index in [4.69, 9.17) is 0 Å². The molecule has 6 nitrogen and oxygen atoms in total. The number of carbonyl (C=O) groups is 1. The first-order chi connectivity index (χ1) is 14.4. The molecule has 156 valence electrons. The molecule has 1 aromatic carbocycles. The number of aryl methyl sites for hydroxylation is 1. The van der Waals surface area contributed by atoms with Crippen molar-refractivity contribution in [1.29, 1.82) is 0 Å². The molecule has 3 heterocycles. The molecule has 0 bridgehead atoms. The van der Waals surface area contributed by atoms with Crippen LogP contribution in [-0.4, -0.2) is 45.5 Å². The maximum absolute atomic E-state index is 12.8. The third-order valence-corrected chi connectivity index (χ3v) is 7.27. The van der Waals surface area contributed by atoms with Gasteiger partial charge in [0.15, 0.2) is 0 Å². The summed E-state index contributed by atoms with van der Waals surface area (Å²) in [4.78, 5) is 24.0. The van der Waals surface area contributed by atoms with Crippen LogP contribution < -0.4 is 5.32 Å². The van der Waals surface area contributed by atoms with Crippen molar-refractivity contribution >= 4 is 22.5 Å². The maximum atomic E-state index is 12.8. The molecular weight excluding hydrogens is 374 g/mol. The van der Waals surface area contributed by atoms with Gasteiger partial charge in [-0.25, -0.2) is 9.97 Å². The molecule has 1 aliphatic carbocycles. The van der Waals surface area contributed by atoms with Gasteiger partial charge in [0, 0.05) is 30.1 Å². The van der Waals surface area contributed by atoms with E-state index in [-0.39, 0.29) is 11.8 Å². The topological polar surface area (TPSA) is 63.1 Å². The van der Waals surface area contributed by atoms with Gasteiger partial charge in [-0.05, 0) is 75.7 Å². The van der Waals surface area contributed by atoms with Crippen molar-refractivity contribution in [3.63, 3.8) is 0 Å². The van der Waals surface area contributed by atoms with Crippen molar-refractivity contribution in [3.8, 4) is 11.3 Å². The Morgan fingerprint density at radius 2 is 1.83 bits per heavy atom. The molecule has 30 heavy (non-hydrogen) atoms. The minimum absolute atomic E-state index is 0.116. The van der Waals surface area contributed by atoms with E-state index in [2.05, 4.69) is 50.0 Å². The molecule has 0 radical (unpaired) electrons. The number of hydrogen-bond acceptors (Lipinski definition) is 4. The quantitative estimate of drug-likeness (QED) is 0.718. The van der Waals surface area contributed by atoms with E-state index >= 15 is 0 Å². The summed E-state index contributed by atoms with van der Waals surface area (Å²) in [6.45, 7) is 4.30. The average Bonchev–Trinajstić information content (AvgIpc) is 3.05. The van der Waals surface area contributed by atoms with Crippen LogP contribution in [0.3, 0.4) is 0 Å². The lowest BCUT2D eigenvalue weighted by molar-refractivity contribution is -0.129. The lowest BCUT2D eigenvalue weighted by Crippen LogP contribution is -2.49. The third-order valence-electron chi connectivity index (χ3n) is 7.27. The van der Waals surface area contributed by atoms with Crippen LogP contribution in [0, 0.1) is 18.3 Å². The minimum atomic E-state index is 0.116. The summed E-state index contributed by atoms with van der Waals surface area (Å²) >= 11 is 0. The Balaban J connectivity index is 1.30. The molecule has 1 amide bonds. The van der Waals surface area contributed by atoms with Crippen molar-refractivity contribution in [3.05, 3.63) is 42.5 Å². The number of rotatable bonds is 3. The highest BCUT2D eigenvalue weighted by Gasteiger charge is 2.48. The Kier molecular flexibility index (Phi) is 4.62. The smallest absolute Gasteiger partial charge is 0.228 e. The molecule has 1 aliphatic heterocycles. The number of carbonyl (C=O) groups excluding carboxylic acids is 1. The van der Waals surface area contributed by atoms with Crippen molar-refractivity contribution in [2.45, 2.75) is 32.6 Å². The van der Waals surface area contributed by atoms with Gasteiger partial charge in [-0.1, -0.05) is 12.1 Å². The van der Waals surface area contributed by atoms with Crippen molar-refractivity contribution in [1.82, 2.24) is 19.4 Å². The van der Waals surface area contributed by atoms with E-state index < -0.39 is 0 Å². The number of likely N-dealkylation sites (tertiary alicyclic amines) is 1. The number of imidazole rings is 1. The molecule has 2 aromatic heterocycles. The fourth-order valence-corrected chi connectivity index (χ4v) is 5.04. The summed E-state index contributed by atoms with van der Waals surface area (Å²) in [6.07, 6.45) is 8.21. The van der Waals surface area contributed by atoms with Crippen LogP contribution in [0.5, 0.6) is 0 Å². The van der Waals surface area contributed by atoms with Crippen molar-refractivity contribution < 1.29 is 4.79 Å². The fraction of sp³-hybridized carbons (Fsp3) is 0.458. The maximum Gasteiger partial charge on any atom is 0.228 e. The second-order valence-corrected chi connectivity index (χ2v) is 9.28. The van der Waals surface area contributed by atoms with Gasteiger partial charge in [0.25, 0.3) is 0 Å². The zero-order valence-corrected chi connectivity index (χ0v) is 18.0. The van der Waals surface area contributed by atoms with Crippen molar-refractivity contribution in [2.75, 3.05) is 25.5 Å². The van der Waals surface area contributed by atoms with Gasteiger partial charge in [0.1, 0.15) is 11.6 Å². The van der Waals surface area contributed by atoms with Crippen LogP contribution in [0.1, 0.15) is 31.5 Å². The Morgan fingerprint density at radius 1 is 1.07 bits per heavy atom. The number of nitrogens with one attached hydrogen (secondary N) is 1. The Labute approximate surface area is 177 Å². The average molecular weight is 404 g/mol. The van der Waals surface area contributed by atoms with E-state index in [1.165, 1.54) is 12.8 Å². The molecule has 6 heteroatoms. The van der Waals surface area contributed by atoms with Gasteiger partial charge < -0.3 is 14.8 Å². The minimum Gasteiger partial charge on any atom is -0.331 e. The number of anilines is 1. The lowest BCUT2D eigenvalue weighted by Gasteiger charge is -2.51. The molecule has 5 rings (SSSR count).